The molecule has 94 valence electrons. The van der Waals surface area contributed by atoms with E-state index in [2.05, 4.69) is 0 Å². The van der Waals surface area contributed by atoms with Gasteiger partial charge >= 0.3 is 11.3 Å². The fourth-order valence-electron chi connectivity index (χ4n) is 1.72. The average molecular weight is 275 g/mol. The van der Waals surface area contributed by atoms with Crippen molar-refractivity contribution in [2.24, 2.45) is 0 Å². The molecule has 5 heteroatoms. The van der Waals surface area contributed by atoms with Gasteiger partial charge in [-0.15, -0.1) is 0 Å². The zero-order valence-electron chi connectivity index (χ0n) is 9.55. The number of hydrogen-bond donors (Lipinski definition) is 0. The minimum absolute atomic E-state index is 0.0463. The molecule has 0 fully saturated rings. The Balaban J connectivity index is 2.69. The van der Waals surface area contributed by atoms with Gasteiger partial charge in [0.1, 0.15) is 0 Å². The molecular weight excluding hydrogens is 268 g/mol. The van der Waals surface area contributed by atoms with E-state index >= 15 is 0 Å². The summed E-state index contributed by atoms with van der Waals surface area (Å²) < 4.78 is 10.4. The minimum atomic E-state index is -0.557. The van der Waals surface area contributed by atoms with Crippen LogP contribution in [0.3, 0.4) is 0 Å². The second kappa shape index (κ2) is 4.40. The van der Waals surface area contributed by atoms with Gasteiger partial charge in [0.2, 0.25) is 0 Å². The Hall–Kier alpha value is -2.33. The second-order valence-corrected chi connectivity index (χ2v) is 4.33. The Morgan fingerprint density at radius 3 is 2.00 bits per heavy atom. The van der Waals surface area contributed by atoms with Crippen molar-refractivity contribution in [3.05, 3.63) is 68.3 Å². The van der Waals surface area contributed by atoms with Gasteiger partial charge in [-0.3, -0.25) is 0 Å². The molecule has 0 unspecified atom stereocenters. The summed E-state index contributed by atoms with van der Waals surface area (Å²) in [5, 5.41) is 0.891. The second-order valence-electron chi connectivity index (χ2n) is 3.92. The molecule has 0 saturated carbocycles. The number of fused-ring (bicyclic) bond motifs is 4. The van der Waals surface area contributed by atoms with Crippen LogP contribution in [0.4, 0.5) is 0 Å². The first-order valence-corrected chi connectivity index (χ1v) is 5.86. The quantitative estimate of drug-likeness (QED) is 0.632. The fraction of sp³-hybridized carbons (Fsp3) is 0. The topological polar surface area (TPSA) is 60.4 Å². The van der Waals surface area contributed by atoms with Gasteiger partial charge < -0.3 is 8.83 Å². The number of hydrogen-bond acceptors (Lipinski definition) is 4. The molecule has 2 aromatic heterocycles. The molecule has 4 rings (SSSR count). The van der Waals surface area contributed by atoms with Crippen molar-refractivity contribution in [2.45, 2.75) is 0 Å². The summed E-state index contributed by atoms with van der Waals surface area (Å²) in [6.07, 6.45) is 0. The molecule has 0 spiro atoms. The highest BCUT2D eigenvalue weighted by atomic mass is 35.5. The Kier molecular flexibility index (Phi) is 2.72. The zero-order chi connectivity index (χ0) is 13.4. The van der Waals surface area contributed by atoms with Crippen LogP contribution in [0.5, 0.6) is 0 Å². The van der Waals surface area contributed by atoms with Crippen molar-refractivity contribution < 1.29 is 8.83 Å². The summed E-state index contributed by atoms with van der Waals surface area (Å²) in [6.45, 7) is 0. The summed E-state index contributed by atoms with van der Waals surface area (Å²) in [7, 11) is 0. The van der Waals surface area contributed by atoms with Gasteiger partial charge in [-0.2, -0.15) is 0 Å². The van der Waals surface area contributed by atoms with E-state index in [-0.39, 0.29) is 16.2 Å². The summed E-state index contributed by atoms with van der Waals surface area (Å²) >= 11 is 5.96. The van der Waals surface area contributed by atoms with E-state index in [4.69, 9.17) is 20.4 Å². The minimum Gasteiger partial charge on any atom is -0.419 e. The van der Waals surface area contributed by atoms with E-state index in [1.54, 1.807) is 12.1 Å². The highest BCUT2D eigenvalue weighted by Gasteiger charge is 2.04. The smallest absolute Gasteiger partial charge is 0.343 e. The zero-order valence-corrected chi connectivity index (χ0v) is 10.3. The predicted molar refractivity (Wildman–Crippen MR) is 72.4 cm³/mol. The molecular formula is C14H7ClO4. The van der Waals surface area contributed by atoms with Gasteiger partial charge in [0, 0.05) is 0 Å². The lowest BCUT2D eigenvalue weighted by Gasteiger charge is -1.95. The lowest BCUT2D eigenvalue weighted by atomic mass is 10.2. The van der Waals surface area contributed by atoms with Gasteiger partial charge in [-0.1, -0.05) is 17.7 Å². The normalized spacial score (nSPS) is 10.8. The summed E-state index contributed by atoms with van der Waals surface area (Å²) in [6, 6.07) is 10.7. The molecule has 2 bridgehead atoms. The van der Waals surface area contributed by atoms with Gasteiger partial charge in [-0.25, -0.2) is 9.59 Å². The Labute approximate surface area is 111 Å². The van der Waals surface area contributed by atoms with Crippen molar-refractivity contribution in [3.8, 4) is 0 Å². The van der Waals surface area contributed by atoms with Crippen molar-refractivity contribution in [2.75, 3.05) is 0 Å². The maximum Gasteiger partial charge on any atom is 0.343 e. The first kappa shape index (κ1) is 11.7. The highest BCUT2D eigenvalue weighted by molar-refractivity contribution is 6.34. The molecule has 0 aliphatic heterocycles. The summed E-state index contributed by atoms with van der Waals surface area (Å²) in [4.78, 5) is 23.8. The van der Waals surface area contributed by atoms with Crippen LogP contribution in [0.2, 0.25) is 5.02 Å². The monoisotopic (exact) mass is 274 g/mol. The highest BCUT2D eigenvalue weighted by Crippen LogP contribution is 2.20. The Morgan fingerprint density at radius 2 is 1.37 bits per heavy atom. The molecule has 19 heavy (non-hydrogen) atoms. The predicted octanol–water partition coefficient (Wildman–Crippen LogP) is 3.12. The van der Waals surface area contributed by atoms with E-state index in [1.807, 2.05) is 0 Å². The third-order valence-electron chi connectivity index (χ3n) is 2.68. The molecule has 2 heterocycles. The van der Waals surface area contributed by atoms with Gasteiger partial charge in [-0.05, 0) is 36.4 Å². The van der Waals surface area contributed by atoms with E-state index in [0.29, 0.717) is 10.8 Å². The molecule has 2 aromatic carbocycles. The van der Waals surface area contributed by atoms with Gasteiger partial charge in [0.15, 0.2) is 11.2 Å². The van der Waals surface area contributed by atoms with Crippen LogP contribution in [0.1, 0.15) is 0 Å². The number of halogens is 1. The first-order chi connectivity index (χ1) is 9.15. The van der Waals surface area contributed by atoms with E-state index < -0.39 is 11.3 Å². The van der Waals surface area contributed by atoms with Crippen molar-refractivity contribution >= 4 is 33.5 Å². The number of rotatable bonds is 0. The third-order valence-corrected chi connectivity index (χ3v) is 2.98. The third kappa shape index (κ3) is 2.06. The SMILES string of the molecule is O=c1oc2cccc(Cl)c2oc(=O)c2ccc1cc2. The van der Waals surface area contributed by atoms with Crippen LogP contribution in [0.25, 0.3) is 21.9 Å². The molecule has 0 N–H and O–H groups in total. The van der Waals surface area contributed by atoms with Crippen LogP contribution in [0, 0.1) is 0 Å². The fourth-order valence-corrected chi connectivity index (χ4v) is 1.93. The summed E-state index contributed by atoms with van der Waals surface area (Å²) in [5.41, 5.74) is -0.926. The molecule has 0 aliphatic rings. The molecule has 0 saturated heterocycles. The van der Waals surface area contributed by atoms with Crippen molar-refractivity contribution in [3.63, 3.8) is 0 Å². The van der Waals surface area contributed by atoms with Crippen LogP contribution >= 0.6 is 11.6 Å². The molecule has 0 aliphatic carbocycles. The van der Waals surface area contributed by atoms with Crippen molar-refractivity contribution in [1.29, 1.82) is 0 Å². The summed E-state index contributed by atoms with van der Waals surface area (Å²) in [5.74, 6) is 0. The van der Waals surface area contributed by atoms with Crippen LogP contribution in [-0.4, -0.2) is 0 Å². The lowest BCUT2D eigenvalue weighted by Crippen LogP contribution is -2.00. The molecule has 4 aromatic rings. The van der Waals surface area contributed by atoms with Crippen molar-refractivity contribution in [1.82, 2.24) is 0 Å². The Bertz CT molecular complexity index is 901. The molecule has 0 atom stereocenters. The number of benzene rings is 2. The first-order valence-electron chi connectivity index (χ1n) is 5.48. The van der Waals surface area contributed by atoms with Gasteiger partial charge in [0.25, 0.3) is 0 Å². The van der Waals surface area contributed by atoms with Crippen LogP contribution in [0.15, 0.2) is 60.9 Å². The average Bonchev–Trinajstić information content (AvgIpc) is 2.42. The molecule has 0 radical (unpaired) electrons. The van der Waals surface area contributed by atoms with Gasteiger partial charge in [0.05, 0.1) is 15.8 Å². The molecule has 4 nitrogen and oxygen atoms in total. The van der Waals surface area contributed by atoms with E-state index in [1.165, 1.54) is 30.3 Å². The maximum absolute atomic E-state index is 11.9. The number of para-hydroxylation sites is 1. The lowest BCUT2D eigenvalue weighted by molar-refractivity contribution is 0.533. The standard InChI is InChI=1S/C14H7ClO4/c15-10-2-1-3-11-12(10)19-14(17)9-6-4-8(5-7-9)13(16)18-11/h1-7H. The Morgan fingerprint density at radius 1 is 0.789 bits per heavy atom. The van der Waals surface area contributed by atoms with E-state index in [0.717, 1.165) is 0 Å². The van der Waals surface area contributed by atoms with E-state index in [9.17, 15) is 9.59 Å². The maximum atomic E-state index is 11.9. The largest absolute Gasteiger partial charge is 0.419 e. The molecule has 0 amide bonds. The van der Waals surface area contributed by atoms with Crippen LogP contribution < -0.4 is 11.3 Å². The van der Waals surface area contributed by atoms with Crippen LogP contribution in [-0.2, 0) is 0 Å².